The maximum Gasteiger partial charge on any atom is 0.341 e. The van der Waals surface area contributed by atoms with Crippen molar-refractivity contribution in [1.29, 1.82) is 0 Å². The molecule has 0 aliphatic heterocycles. The molecule has 0 radical (unpaired) electrons. The van der Waals surface area contributed by atoms with Crippen LogP contribution in [-0.4, -0.2) is 21.3 Å². The number of rotatable bonds is 3. The molecule has 0 amide bonds. The molecule has 92 valence electrons. The first-order valence-electron chi connectivity index (χ1n) is 4.76. The number of carboxylic acids is 1. The summed E-state index contributed by atoms with van der Waals surface area (Å²) in [4.78, 5) is 10.9. The molecule has 1 heterocycles. The molecule has 0 aliphatic rings. The van der Waals surface area contributed by atoms with Gasteiger partial charge in [0.2, 0.25) is 0 Å². The normalized spacial score (nSPS) is 10.1. The molecule has 2 rings (SSSR count). The van der Waals surface area contributed by atoms with E-state index in [-0.39, 0.29) is 11.4 Å². The van der Waals surface area contributed by atoms with Crippen molar-refractivity contribution in [3.8, 4) is 11.6 Å². The van der Waals surface area contributed by atoms with Crippen molar-refractivity contribution < 1.29 is 14.6 Å². The van der Waals surface area contributed by atoms with Crippen LogP contribution in [0.4, 0.5) is 0 Å². The number of hydrogen-bond acceptors (Lipinski definition) is 4. The van der Waals surface area contributed by atoms with E-state index in [9.17, 15) is 4.79 Å². The molecule has 0 atom stereocenters. The second-order valence-electron chi connectivity index (χ2n) is 3.23. The van der Waals surface area contributed by atoms with Gasteiger partial charge in [-0.15, -0.1) is 5.10 Å². The van der Waals surface area contributed by atoms with Gasteiger partial charge < -0.3 is 9.84 Å². The molecule has 0 fully saturated rings. The number of aromatic nitrogens is 2. The Labute approximate surface area is 112 Å². The number of hydrogen-bond donors (Lipinski definition) is 1. The lowest BCUT2D eigenvalue weighted by Crippen LogP contribution is -2.02. The first-order chi connectivity index (χ1) is 8.58. The fourth-order valence-electron chi connectivity index (χ4n) is 1.21. The maximum absolute atomic E-state index is 10.9. The van der Waals surface area contributed by atoms with E-state index in [0.717, 1.165) is 0 Å². The lowest BCUT2D eigenvalue weighted by Gasteiger charge is -2.07. The summed E-state index contributed by atoms with van der Waals surface area (Å²) in [6.45, 7) is 0. The van der Waals surface area contributed by atoms with E-state index in [2.05, 4.69) is 10.2 Å². The zero-order valence-corrected chi connectivity index (χ0v) is 10.3. The third kappa shape index (κ3) is 2.69. The van der Waals surface area contributed by atoms with Crippen molar-refractivity contribution in [2.75, 3.05) is 0 Å². The van der Waals surface area contributed by atoms with Crippen LogP contribution in [0.25, 0.3) is 0 Å². The van der Waals surface area contributed by atoms with Gasteiger partial charge in [-0.2, -0.15) is 5.10 Å². The number of carbonyl (C=O) groups is 1. The summed E-state index contributed by atoms with van der Waals surface area (Å²) in [5.41, 5.74) is -0.0870. The van der Waals surface area contributed by atoms with E-state index >= 15 is 0 Å². The second-order valence-corrected chi connectivity index (χ2v) is 4.05. The molecule has 1 aromatic carbocycles. The molecule has 1 N–H and O–H groups in total. The van der Waals surface area contributed by atoms with Crippen LogP contribution < -0.4 is 4.74 Å². The third-order valence-electron chi connectivity index (χ3n) is 2.02. The Morgan fingerprint density at radius 2 is 2.00 bits per heavy atom. The summed E-state index contributed by atoms with van der Waals surface area (Å²) >= 11 is 11.6. The summed E-state index contributed by atoms with van der Waals surface area (Å²) < 4.78 is 5.31. The molecule has 0 unspecified atom stereocenters. The molecule has 18 heavy (non-hydrogen) atoms. The van der Waals surface area contributed by atoms with Gasteiger partial charge in [-0.1, -0.05) is 23.2 Å². The Kier molecular flexibility index (Phi) is 3.64. The number of halogens is 2. The second kappa shape index (κ2) is 5.20. The van der Waals surface area contributed by atoms with E-state index in [1.165, 1.54) is 24.4 Å². The van der Waals surface area contributed by atoms with Crippen molar-refractivity contribution in [3.05, 3.63) is 46.1 Å². The number of aromatic carboxylic acids is 1. The molecule has 0 saturated heterocycles. The van der Waals surface area contributed by atoms with Gasteiger partial charge >= 0.3 is 5.97 Å². The highest BCUT2D eigenvalue weighted by Gasteiger charge is 2.13. The molecule has 5 nitrogen and oxygen atoms in total. The highest BCUT2D eigenvalue weighted by atomic mass is 35.5. The van der Waals surface area contributed by atoms with Crippen LogP contribution in [0.2, 0.25) is 10.0 Å². The smallest absolute Gasteiger partial charge is 0.341 e. The van der Waals surface area contributed by atoms with E-state index in [0.29, 0.717) is 15.8 Å². The van der Waals surface area contributed by atoms with Gasteiger partial charge in [-0.25, -0.2) is 4.79 Å². The van der Waals surface area contributed by atoms with Crippen molar-refractivity contribution in [2.45, 2.75) is 0 Å². The molecular weight excluding hydrogens is 279 g/mol. The Balaban J connectivity index is 2.34. The SMILES string of the molecule is O=C(O)c1ccnnc1Oc1ccc(Cl)c(Cl)c1. The summed E-state index contributed by atoms with van der Waals surface area (Å²) in [5.74, 6) is -0.934. The van der Waals surface area contributed by atoms with Gasteiger partial charge in [0.1, 0.15) is 11.3 Å². The Morgan fingerprint density at radius 3 is 2.67 bits per heavy atom. The van der Waals surface area contributed by atoms with Crippen molar-refractivity contribution in [3.63, 3.8) is 0 Å². The largest absolute Gasteiger partial charge is 0.477 e. The Bertz CT molecular complexity index is 605. The molecular formula is C11H6Cl2N2O3. The van der Waals surface area contributed by atoms with Crippen LogP contribution in [0.15, 0.2) is 30.5 Å². The molecule has 7 heteroatoms. The molecule has 0 saturated carbocycles. The van der Waals surface area contributed by atoms with Crippen molar-refractivity contribution in [1.82, 2.24) is 10.2 Å². The van der Waals surface area contributed by atoms with Crippen LogP contribution in [0.3, 0.4) is 0 Å². The Morgan fingerprint density at radius 1 is 1.22 bits per heavy atom. The van der Waals surface area contributed by atoms with Crippen LogP contribution in [0.1, 0.15) is 10.4 Å². The number of benzene rings is 1. The van der Waals surface area contributed by atoms with Gasteiger partial charge in [-0.3, -0.25) is 0 Å². The third-order valence-corrected chi connectivity index (χ3v) is 2.76. The van der Waals surface area contributed by atoms with Crippen LogP contribution in [0.5, 0.6) is 11.6 Å². The zero-order valence-electron chi connectivity index (χ0n) is 8.80. The first kappa shape index (κ1) is 12.6. The highest BCUT2D eigenvalue weighted by Crippen LogP contribution is 2.29. The maximum atomic E-state index is 10.9. The minimum atomic E-state index is -1.15. The van der Waals surface area contributed by atoms with Crippen molar-refractivity contribution >= 4 is 29.2 Å². The van der Waals surface area contributed by atoms with Crippen LogP contribution in [0, 0.1) is 0 Å². The van der Waals surface area contributed by atoms with E-state index in [1.54, 1.807) is 6.07 Å². The quantitative estimate of drug-likeness (QED) is 0.936. The number of nitrogens with zero attached hydrogens (tertiary/aromatic N) is 2. The average molecular weight is 285 g/mol. The first-order valence-corrected chi connectivity index (χ1v) is 5.51. The van der Waals surface area contributed by atoms with Gasteiger partial charge in [0.15, 0.2) is 0 Å². The summed E-state index contributed by atoms with van der Waals surface area (Å²) in [7, 11) is 0. The standard InChI is InChI=1S/C11H6Cl2N2O3/c12-8-2-1-6(5-9(8)13)18-10-7(11(16)17)3-4-14-15-10/h1-5H,(H,16,17). The van der Waals surface area contributed by atoms with Gasteiger partial charge in [0.05, 0.1) is 16.2 Å². The predicted octanol–water partition coefficient (Wildman–Crippen LogP) is 3.27. The van der Waals surface area contributed by atoms with E-state index < -0.39 is 5.97 Å². The summed E-state index contributed by atoms with van der Waals surface area (Å²) in [6.07, 6.45) is 1.27. The fourth-order valence-corrected chi connectivity index (χ4v) is 1.50. The molecule has 0 aliphatic carbocycles. The molecule has 2 aromatic rings. The zero-order chi connectivity index (χ0) is 13.1. The topological polar surface area (TPSA) is 72.3 Å². The average Bonchev–Trinajstić information content (AvgIpc) is 2.34. The lowest BCUT2D eigenvalue weighted by molar-refractivity contribution is 0.0693. The molecule has 1 aromatic heterocycles. The van der Waals surface area contributed by atoms with Crippen molar-refractivity contribution in [2.24, 2.45) is 0 Å². The number of carboxylic acid groups (broad SMARTS) is 1. The van der Waals surface area contributed by atoms with Crippen LogP contribution in [-0.2, 0) is 0 Å². The summed E-state index contributed by atoms with van der Waals surface area (Å²) in [6, 6.07) is 5.84. The van der Waals surface area contributed by atoms with Crippen LogP contribution >= 0.6 is 23.2 Å². The fraction of sp³-hybridized carbons (Fsp3) is 0. The van der Waals surface area contributed by atoms with E-state index in [1.807, 2.05) is 0 Å². The summed E-state index contributed by atoms with van der Waals surface area (Å²) in [5, 5.41) is 16.8. The van der Waals surface area contributed by atoms with E-state index in [4.69, 9.17) is 33.0 Å². The van der Waals surface area contributed by atoms with Gasteiger partial charge in [0.25, 0.3) is 5.88 Å². The predicted molar refractivity (Wildman–Crippen MR) is 65.5 cm³/mol. The van der Waals surface area contributed by atoms with Gasteiger partial charge in [-0.05, 0) is 18.2 Å². The monoisotopic (exact) mass is 284 g/mol. The lowest BCUT2D eigenvalue weighted by atomic mass is 10.3. The molecule has 0 spiro atoms. The highest BCUT2D eigenvalue weighted by molar-refractivity contribution is 6.42. The number of ether oxygens (including phenoxy) is 1. The minimum Gasteiger partial charge on any atom is -0.477 e. The Hall–Kier alpha value is -1.85. The minimum absolute atomic E-state index is 0.0870. The van der Waals surface area contributed by atoms with Gasteiger partial charge in [0, 0.05) is 6.07 Å². The molecule has 0 bridgehead atoms.